The number of halogens is 2. The van der Waals surface area contributed by atoms with Crippen molar-refractivity contribution in [3.8, 4) is 17.2 Å². The summed E-state index contributed by atoms with van der Waals surface area (Å²) in [4.78, 5) is 4.58. The van der Waals surface area contributed by atoms with Gasteiger partial charge >= 0.3 is 0 Å². The third kappa shape index (κ3) is 2.22. The van der Waals surface area contributed by atoms with Crippen molar-refractivity contribution >= 4 is 27.2 Å². The molecule has 2 N–H and O–H groups in total. The second-order valence-corrected chi connectivity index (χ2v) is 5.40. The van der Waals surface area contributed by atoms with Crippen LogP contribution in [-0.4, -0.2) is 4.98 Å². The Morgan fingerprint density at radius 1 is 1.24 bits per heavy atom. The Hall–Kier alpha value is -2.52. The van der Waals surface area contributed by atoms with Crippen LogP contribution < -0.4 is 5.73 Å². The molecule has 2 heterocycles. The lowest BCUT2D eigenvalue weighted by atomic mass is 10.0. The maximum absolute atomic E-state index is 13.0. The van der Waals surface area contributed by atoms with Crippen LogP contribution in [0, 0.1) is 11.3 Å². The van der Waals surface area contributed by atoms with Crippen molar-refractivity contribution in [1.29, 1.82) is 5.26 Å². The number of benzene rings is 1. The fourth-order valence-corrected chi connectivity index (χ4v) is 3.10. The van der Waals surface area contributed by atoms with Gasteiger partial charge in [0.25, 0.3) is 6.43 Å². The van der Waals surface area contributed by atoms with Gasteiger partial charge in [0.15, 0.2) is 0 Å². The average Bonchev–Trinajstić information content (AvgIpc) is 2.83. The van der Waals surface area contributed by atoms with Crippen LogP contribution in [0.2, 0.25) is 0 Å². The monoisotopic (exact) mass is 301 g/mol. The largest absolute Gasteiger partial charge is 0.396 e. The van der Waals surface area contributed by atoms with Crippen molar-refractivity contribution in [2.75, 3.05) is 5.73 Å². The molecular formula is C15H9F2N3S. The van der Waals surface area contributed by atoms with Crippen LogP contribution in [0.4, 0.5) is 14.5 Å². The van der Waals surface area contributed by atoms with Gasteiger partial charge in [0.1, 0.15) is 21.5 Å². The summed E-state index contributed by atoms with van der Waals surface area (Å²) in [6, 6.07) is 12.4. The van der Waals surface area contributed by atoms with Gasteiger partial charge < -0.3 is 5.73 Å². The Labute approximate surface area is 123 Å². The lowest BCUT2D eigenvalue weighted by Crippen LogP contribution is -1.94. The molecule has 104 valence electrons. The van der Waals surface area contributed by atoms with Crippen LogP contribution >= 0.6 is 11.3 Å². The molecule has 0 amide bonds. The van der Waals surface area contributed by atoms with E-state index in [1.165, 1.54) is 6.07 Å². The van der Waals surface area contributed by atoms with Crippen molar-refractivity contribution in [3.63, 3.8) is 0 Å². The van der Waals surface area contributed by atoms with Gasteiger partial charge in [-0.15, -0.1) is 11.3 Å². The van der Waals surface area contributed by atoms with Gasteiger partial charge in [-0.05, 0) is 17.2 Å². The van der Waals surface area contributed by atoms with Crippen molar-refractivity contribution in [2.24, 2.45) is 0 Å². The quantitative estimate of drug-likeness (QED) is 0.765. The Morgan fingerprint density at radius 2 is 1.95 bits per heavy atom. The summed E-state index contributed by atoms with van der Waals surface area (Å²) in [5.74, 6) is 0. The average molecular weight is 301 g/mol. The second kappa shape index (κ2) is 5.11. The molecule has 0 radical (unpaired) electrons. The minimum absolute atomic E-state index is 0.293. The summed E-state index contributed by atoms with van der Waals surface area (Å²) in [5.41, 5.74) is 7.30. The number of fused-ring (bicyclic) bond motifs is 1. The SMILES string of the molecule is N#Cc1sc2nc(C(F)F)cc(-c3ccccc3)c2c1N. The van der Waals surface area contributed by atoms with Crippen molar-refractivity contribution in [3.05, 3.63) is 47.0 Å². The van der Waals surface area contributed by atoms with Crippen LogP contribution in [0.5, 0.6) is 0 Å². The highest BCUT2D eigenvalue weighted by Gasteiger charge is 2.19. The molecule has 1 aromatic carbocycles. The minimum Gasteiger partial charge on any atom is -0.396 e. The Bertz CT molecular complexity index is 851. The first kappa shape index (κ1) is 13.5. The number of rotatable bonds is 2. The minimum atomic E-state index is -2.68. The lowest BCUT2D eigenvalue weighted by molar-refractivity contribution is 0.146. The molecule has 0 saturated heterocycles. The highest BCUT2D eigenvalue weighted by atomic mass is 32.1. The van der Waals surface area contributed by atoms with E-state index in [0.717, 1.165) is 16.9 Å². The predicted octanol–water partition coefficient (Wildman–Crippen LogP) is 4.35. The highest BCUT2D eigenvalue weighted by molar-refractivity contribution is 7.20. The number of nitrogens with zero attached hydrogens (tertiary/aromatic N) is 2. The topological polar surface area (TPSA) is 62.7 Å². The van der Waals surface area contributed by atoms with Gasteiger partial charge in [-0.1, -0.05) is 30.3 Å². The van der Waals surface area contributed by atoms with Gasteiger partial charge in [-0.25, -0.2) is 13.8 Å². The summed E-state index contributed by atoms with van der Waals surface area (Å²) in [7, 11) is 0. The van der Waals surface area contributed by atoms with Gasteiger partial charge in [-0.3, -0.25) is 0 Å². The third-order valence-corrected chi connectivity index (χ3v) is 4.13. The standard InChI is InChI=1S/C15H9F2N3S/c16-14(17)10-6-9(8-4-2-1-3-5-8)12-13(19)11(7-18)21-15(12)20-10/h1-6,14H,19H2. The zero-order valence-electron chi connectivity index (χ0n) is 10.7. The maximum Gasteiger partial charge on any atom is 0.280 e. The summed E-state index contributed by atoms with van der Waals surface area (Å²) in [6.07, 6.45) is -2.68. The van der Waals surface area contributed by atoms with Crippen LogP contribution in [0.25, 0.3) is 21.3 Å². The van der Waals surface area contributed by atoms with Gasteiger partial charge in [-0.2, -0.15) is 5.26 Å². The first-order chi connectivity index (χ1) is 10.1. The van der Waals surface area contributed by atoms with Crippen LogP contribution in [0.1, 0.15) is 17.0 Å². The fraction of sp³-hybridized carbons (Fsp3) is 0.0667. The summed E-state index contributed by atoms with van der Waals surface area (Å²) in [5, 5.41) is 9.63. The van der Waals surface area contributed by atoms with E-state index in [9.17, 15) is 8.78 Å². The summed E-state index contributed by atoms with van der Waals surface area (Å²) in [6.45, 7) is 0. The molecule has 0 aliphatic heterocycles. The van der Waals surface area contributed by atoms with Crippen LogP contribution in [-0.2, 0) is 0 Å². The molecule has 0 saturated carbocycles. The van der Waals surface area contributed by atoms with E-state index < -0.39 is 6.43 Å². The summed E-state index contributed by atoms with van der Waals surface area (Å²) >= 11 is 1.03. The van der Waals surface area contributed by atoms with E-state index in [-0.39, 0.29) is 5.69 Å². The molecule has 0 aliphatic carbocycles. The zero-order chi connectivity index (χ0) is 15.0. The van der Waals surface area contributed by atoms with Gasteiger partial charge in [0.2, 0.25) is 0 Å². The molecular weight excluding hydrogens is 292 g/mol. The lowest BCUT2D eigenvalue weighted by Gasteiger charge is -2.07. The normalized spacial score (nSPS) is 11.0. The zero-order valence-corrected chi connectivity index (χ0v) is 11.5. The molecule has 3 aromatic rings. The van der Waals surface area contributed by atoms with E-state index in [2.05, 4.69) is 4.98 Å². The number of alkyl halides is 2. The smallest absolute Gasteiger partial charge is 0.280 e. The molecule has 0 bridgehead atoms. The molecule has 0 atom stereocenters. The number of thiophene rings is 1. The van der Waals surface area contributed by atoms with E-state index >= 15 is 0 Å². The number of pyridine rings is 1. The maximum atomic E-state index is 13.0. The molecule has 0 aliphatic rings. The fourth-order valence-electron chi connectivity index (χ4n) is 2.18. The number of anilines is 1. The van der Waals surface area contributed by atoms with Crippen molar-refractivity contribution < 1.29 is 8.78 Å². The van der Waals surface area contributed by atoms with Crippen LogP contribution in [0.3, 0.4) is 0 Å². The number of nitriles is 1. The Kier molecular flexibility index (Phi) is 3.28. The molecule has 0 fully saturated rings. The van der Waals surface area contributed by atoms with E-state index in [0.29, 0.717) is 26.3 Å². The number of nitrogen functional groups attached to an aromatic ring is 1. The number of hydrogen-bond donors (Lipinski definition) is 1. The number of hydrogen-bond acceptors (Lipinski definition) is 4. The first-order valence-corrected chi connectivity index (χ1v) is 6.90. The van der Waals surface area contributed by atoms with Gasteiger partial charge in [0.05, 0.1) is 5.69 Å². The molecule has 3 nitrogen and oxygen atoms in total. The van der Waals surface area contributed by atoms with Crippen LogP contribution in [0.15, 0.2) is 36.4 Å². The molecule has 0 spiro atoms. The number of nitrogens with two attached hydrogens (primary N) is 1. The third-order valence-electron chi connectivity index (χ3n) is 3.13. The Morgan fingerprint density at radius 3 is 2.57 bits per heavy atom. The highest BCUT2D eigenvalue weighted by Crippen LogP contribution is 2.40. The summed E-state index contributed by atoms with van der Waals surface area (Å²) < 4.78 is 26.1. The van der Waals surface area contributed by atoms with Gasteiger partial charge in [0, 0.05) is 5.39 Å². The van der Waals surface area contributed by atoms with E-state index in [1.807, 2.05) is 36.4 Å². The molecule has 0 unspecified atom stereocenters. The second-order valence-electron chi connectivity index (χ2n) is 4.40. The Balaban J connectivity index is 2.40. The molecule has 2 aromatic heterocycles. The molecule has 6 heteroatoms. The van der Waals surface area contributed by atoms with Crippen molar-refractivity contribution in [2.45, 2.75) is 6.43 Å². The first-order valence-electron chi connectivity index (χ1n) is 6.08. The van der Waals surface area contributed by atoms with Crippen molar-refractivity contribution in [1.82, 2.24) is 4.98 Å². The van der Waals surface area contributed by atoms with E-state index in [4.69, 9.17) is 11.0 Å². The van der Waals surface area contributed by atoms with E-state index in [1.54, 1.807) is 0 Å². The molecule has 3 rings (SSSR count). The molecule has 21 heavy (non-hydrogen) atoms. The predicted molar refractivity (Wildman–Crippen MR) is 79.1 cm³/mol. The number of aromatic nitrogens is 1.